The molecule has 3 N–H and O–H groups in total. The first-order valence-corrected chi connectivity index (χ1v) is 7.26. The van der Waals surface area contributed by atoms with Gasteiger partial charge in [-0.25, -0.2) is 0 Å². The summed E-state index contributed by atoms with van der Waals surface area (Å²) in [6, 6.07) is 0.0831. The van der Waals surface area contributed by atoms with E-state index in [-0.39, 0.29) is 36.3 Å². The molecule has 20 heavy (non-hydrogen) atoms. The summed E-state index contributed by atoms with van der Waals surface area (Å²) >= 11 is 0. The van der Waals surface area contributed by atoms with Crippen molar-refractivity contribution in [2.75, 3.05) is 13.2 Å². The van der Waals surface area contributed by atoms with Gasteiger partial charge >= 0.3 is 0 Å². The molecule has 1 aromatic heterocycles. The van der Waals surface area contributed by atoms with Gasteiger partial charge in [-0.1, -0.05) is 11.6 Å². The third-order valence-electron chi connectivity index (χ3n) is 4.21. The molecule has 1 aromatic rings. The second-order valence-corrected chi connectivity index (χ2v) is 5.56. The third kappa shape index (κ3) is 2.69. The van der Waals surface area contributed by atoms with Crippen LogP contribution < -0.4 is 10.6 Å². The van der Waals surface area contributed by atoms with Crippen molar-refractivity contribution in [1.29, 1.82) is 0 Å². The van der Waals surface area contributed by atoms with Crippen LogP contribution >= 0.6 is 0 Å². The fourth-order valence-electron chi connectivity index (χ4n) is 3.04. The van der Waals surface area contributed by atoms with Gasteiger partial charge in [0.1, 0.15) is 0 Å². The van der Waals surface area contributed by atoms with Crippen molar-refractivity contribution in [3.8, 4) is 0 Å². The van der Waals surface area contributed by atoms with Crippen molar-refractivity contribution in [1.82, 2.24) is 20.8 Å². The zero-order chi connectivity index (χ0) is 13.9. The molecule has 1 saturated carbocycles. The van der Waals surface area contributed by atoms with Crippen molar-refractivity contribution in [2.24, 2.45) is 5.92 Å². The van der Waals surface area contributed by atoms with Gasteiger partial charge in [-0.3, -0.25) is 4.79 Å². The molecule has 3 unspecified atom stereocenters. The van der Waals surface area contributed by atoms with Gasteiger partial charge in [0.05, 0.1) is 6.04 Å². The molecule has 2 heterocycles. The van der Waals surface area contributed by atoms with E-state index in [4.69, 9.17) is 4.52 Å². The van der Waals surface area contributed by atoms with Crippen molar-refractivity contribution in [2.45, 2.75) is 44.2 Å². The second-order valence-electron chi connectivity index (χ2n) is 5.56. The molecular formula is C13H20N4O3. The Bertz CT molecular complexity index is 470. The van der Waals surface area contributed by atoms with Gasteiger partial charge in [0.25, 0.3) is 11.7 Å². The minimum Gasteiger partial charge on any atom is -0.396 e. The van der Waals surface area contributed by atoms with Gasteiger partial charge in [0.15, 0.2) is 0 Å². The van der Waals surface area contributed by atoms with E-state index in [1.807, 2.05) is 0 Å². The lowest BCUT2D eigenvalue weighted by molar-refractivity contribution is 0.0902. The summed E-state index contributed by atoms with van der Waals surface area (Å²) in [6.07, 6.45) is 4.91. The number of carbonyl (C=O) groups excluding carboxylic acids is 1. The average Bonchev–Trinajstić information content (AvgIpc) is 3.19. The van der Waals surface area contributed by atoms with Crippen LogP contribution in [0, 0.1) is 5.92 Å². The number of aliphatic hydroxyl groups excluding tert-OH is 1. The first kappa shape index (κ1) is 13.5. The normalized spacial score (nSPS) is 29.8. The van der Waals surface area contributed by atoms with Crippen LogP contribution in [0.2, 0.25) is 0 Å². The summed E-state index contributed by atoms with van der Waals surface area (Å²) in [7, 11) is 0. The van der Waals surface area contributed by atoms with Gasteiger partial charge < -0.3 is 20.3 Å². The first-order chi connectivity index (χ1) is 9.78. The number of rotatable bonds is 4. The molecule has 0 aromatic carbocycles. The van der Waals surface area contributed by atoms with E-state index in [0.717, 1.165) is 38.6 Å². The molecular weight excluding hydrogens is 260 g/mol. The Labute approximate surface area is 117 Å². The number of carbonyl (C=O) groups is 1. The van der Waals surface area contributed by atoms with Crippen molar-refractivity contribution < 1.29 is 14.4 Å². The van der Waals surface area contributed by atoms with Crippen LogP contribution in [0.4, 0.5) is 0 Å². The Balaban J connectivity index is 1.62. The maximum Gasteiger partial charge on any atom is 0.292 e. The van der Waals surface area contributed by atoms with Gasteiger partial charge in [-0.05, 0) is 32.2 Å². The van der Waals surface area contributed by atoms with E-state index < -0.39 is 0 Å². The summed E-state index contributed by atoms with van der Waals surface area (Å²) in [6.45, 7) is 1.04. The standard InChI is InChI=1S/C13H20N4O3/c18-7-8-3-1-4-9(8)15-12(19)11-16-13(20-17-11)10-5-2-6-14-10/h8-10,14,18H,1-7H2,(H,15,19). The zero-order valence-electron chi connectivity index (χ0n) is 11.3. The molecule has 110 valence electrons. The molecule has 3 rings (SSSR count). The summed E-state index contributed by atoms with van der Waals surface area (Å²) < 4.78 is 5.15. The fraction of sp³-hybridized carbons (Fsp3) is 0.769. The highest BCUT2D eigenvalue weighted by Crippen LogP contribution is 2.25. The lowest BCUT2D eigenvalue weighted by atomic mass is 10.1. The number of nitrogens with one attached hydrogen (secondary N) is 2. The smallest absolute Gasteiger partial charge is 0.292 e. The maximum absolute atomic E-state index is 12.1. The third-order valence-corrected chi connectivity index (χ3v) is 4.21. The quantitative estimate of drug-likeness (QED) is 0.737. The van der Waals surface area contributed by atoms with Gasteiger partial charge in [-0.15, -0.1) is 0 Å². The Kier molecular flexibility index (Phi) is 3.98. The predicted molar refractivity (Wildman–Crippen MR) is 70.0 cm³/mol. The van der Waals surface area contributed by atoms with Gasteiger partial charge in [0, 0.05) is 18.6 Å². The van der Waals surface area contributed by atoms with Crippen LogP contribution in [0.25, 0.3) is 0 Å². The van der Waals surface area contributed by atoms with E-state index in [1.165, 1.54) is 0 Å². The van der Waals surface area contributed by atoms with Crippen LogP contribution in [0.15, 0.2) is 4.52 Å². The number of aliphatic hydroxyl groups is 1. The lowest BCUT2D eigenvalue weighted by Gasteiger charge is -2.17. The highest BCUT2D eigenvalue weighted by Gasteiger charge is 2.30. The van der Waals surface area contributed by atoms with E-state index >= 15 is 0 Å². The van der Waals surface area contributed by atoms with Crippen molar-refractivity contribution in [3.05, 3.63) is 11.7 Å². The number of nitrogens with zero attached hydrogens (tertiary/aromatic N) is 2. The molecule has 1 aliphatic carbocycles. The highest BCUT2D eigenvalue weighted by molar-refractivity contribution is 5.90. The zero-order valence-corrected chi connectivity index (χ0v) is 11.3. The summed E-state index contributed by atoms with van der Waals surface area (Å²) in [4.78, 5) is 16.3. The summed E-state index contributed by atoms with van der Waals surface area (Å²) in [5.74, 6) is 0.389. The van der Waals surface area contributed by atoms with Crippen LogP contribution in [-0.2, 0) is 0 Å². The minimum absolute atomic E-state index is 0.0130. The predicted octanol–water partition coefficient (Wildman–Crippen LogP) is 0.385. The Morgan fingerprint density at radius 2 is 2.30 bits per heavy atom. The Hall–Kier alpha value is -1.47. The maximum atomic E-state index is 12.1. The molecule has 2 fully saturated rings. The number of hydrogen-bond acceptors (Lipinski definition) is 6. The molecule has 2 aliphatic rings. The molecule has 1 saturated heterocycles. The topological polar surface area (TPSA) is 100 Å². The van der Waals surface area contributed by atoms with Gasteiger partial charge in [-0.2, -0.15) is 4.98 Å². The van der Waals surface area contributed by atoms with Crippen LogP contribution in [0.1, 0.15) is 54.7 Å². The molecule has 7 nitrogen and oxygen atoms in total. The Morgan fingerprint density at radius 1 is 1.40 bits per heavy atom. The van der Waals surface area contributed by atoms with E-state index in [0.29, 0.717) is 5.89 Å². The number of amides is 1. The first-order valence-electron chi connectivity index (χ1n) is 7.26. The van der Waals surface area contributed by atoms with Crippen molar-refractivity contribution >= 4 is 5.91 Å². The summed E-state index contributed by atoms with van der Waals surface area (Å²) in [5.41, 5.74) is 0. The molecule has 7 heteroatoms. The molecule has 0 bridgehead atoms. The second kappa shape index (κ2) is 5.88. The van der Waals surface area contributed by atoms with Crippen LogP contribution in [0.3, 0.4) is 0 Å². The van der Waals surface area contributed by atoms with E-state index in [2.05, 4.69) is 20.8 Å². The van der Waals surface area contributed by atoms with Crippen molar-refractivity contribution in [3.63, 3.8) is 0 Å². The molecule has 0 spiro atoms. The Morgan fingerprint density at radius 3 is 3.05 bits per heavy atom. The molecule has 1 aliphatic heterocycles. The van der Waals surface area contributed by atoms with Crippen LogP contribution in [0.5, 0.6) is 0 Å². The molecule has 0 radical (unpaired) electrons. The largest absolute Gasteiger partial charge is 0.396 e. The molecule has 1 amide bonds. The van der Waals surface area contributed by atoms with E-state index in [9.17, 15) is 9.90 Å². The average molecular weight is 280 g/mol. The lowest BCUT2D eigenvalue weighted by Crippen LogP contribution is -2.39. The fourth-order valence-corrected chi connectivity index (χ4v) is 3.04. The number of hydrogen-bond donors (Lipinski definition) is 3. The van der Waals surface area contributed by atoms with E-state index in [1.54, 1.807) is 0 Å². The van der Waals surface area contributed by atoms with Crippen LogP contribution in [-0.4, -0.2) is 40.3 Å². The highest BCUT2D eigenvalue weighted by atomic mass is 16.5. The minimum atomic E-state index is -0.316. The SMILES string of the molecule is O=C(NC1CCCC1CO)c1noc(C2CCCN2)n1. The molecule has 3 atom stereocenters. The van der Waals surface area contributed by atoms with Gasteiger partial charge in [0.2, 0.25) is 5.89 Å². The summed E-state index contributed by atoms with van der Waals surface area (Å²) in [5, 5.41) is 19.2. The number of aromatic nitrogens is 2. The monoisotopic (exact) mass is 280 g/mol.